The third-order valence-electron chi connectivity index (χ3n) is 14.5. The lowest BCUT2D eigenvalue weighted by Crippen LogP contribution is -2.76. The van der Waals surface area contributed by atoms with Crippen LogP contribution in [0.15, 0.2) is 78.9 Å². The summed E-state index contributed by atoms with van der Waals surface area (Å²) in [7, 11) is 0. The summed E-state index contributed by atoms with van der Waals surface area (Å²) in [5, 5.41) is 0. The molecule has 0 radical (unpaired) electrons. The van der Waals surface area contributed by atoms with Gasteiger partial charge in [0.25, 0.3) is 11.8 Å². The molecule has 10 rings (SSSR count). The van der Waals surface area contributed by atoms with E-state index in [1.807, 2.05) is 103 Å². The number of nitrogens with zero attached hydrogens (tertiary/aromatic N) is 3. The van der Waals surface area contributed by atoms with Crippen molar-refractivity contribution in [3.8, 4) is 0 Å². The number of carbonyl (C=O) groups excluding carboxylic acids is 6. The highest BCUT2D eigenvalue weighted by molar-refractivity contribution is 6.12. The molecule has 0 aromatic heterocycles. The minimum Gasteiger partial charge on any atom is -0.375 e. The van der Waals surface area contributed by atoms with Crippen molar-refractivity contribution in [2.45, 2.75) is 111 Å². The summed E-state index contributed by atoms with van der Waals surface area (Å²) in [6.07, 6.45) is 1.44. The van der Waals surface area contributed by atoms with E-state index in [-0.39, 0.29) is 12.1 Å². The van der Waals surface area contributed by atoms with Gasteiger partial charge in [-0.05, 0) is 85.8 Å². The van der Waals surface area contributed by atoms with Gasteiger partial charge in [-0.2, -0.15) is 0 Å². The second kappa shape index (κ2) is 14.5. The van der Waals surface area contributed by atoms with E-state index in [1.165, 1.54) is 0 Å². The van der Waals surface area contributed by atoms with Crippen LogP contribution in [0.5, 0.6) is 0 Å². The third-order valence-corrected chi connectivity index (χ3v) is 14.5. The van der Waals surface area contributed by atoms with Gasteiger partial charge in [-0.3, -0.25) is 19.4 Å². The van der Waals surface area contributed by atoms with Crippen LogP contribution in [0.25, 0.3) is 0 Å². The third kappa shape index (κ3) is 5.75. The highest BCUT2D eigenvalue weighted by atomic mass is 16.6. The minimum atomic E-state index is -2.14. The Morgan fingerprint density at radius 2 is 0.949 bits per heavy atom. The number of carbonyl (C=O) groups is 6. The summed E-state index contributed by atoms with van der Waals surface area (Å²) >= 11 is 0. The molecule has 0 spiro atoms. The van der Waals surface area contributed by atoms with Crippen LogP contribution in [0.2, 0.25) is 0 Å². The molecule has 3 fully saturated rings. The summed E-state index contributed by atoms with van der Waals surface area (Å²) in [5.74, 6) is -4.14. The summed E-state index contributed by atoms with van der Waals surface area (Å²) in [6.45, 7) is 4.22. The molecule has 7 aliphatic rings. The quantitative estimate of drug-likeness (QED) is 0.162. The number of benzene rings is 3. The Hall–Kier alpha value is -5.80. The second-order valence-electron chi connectivity index (χ2n) is 17.2. The van der Waals surface area contributed by atoms with Gasteiger partial charge >= 0.3 is 24.1 Å². The molecule has 4 aliphatic carbocycles. The van der Waals surface area contributed by atoms with Gasteiger partial charge < -0.3 is 37.3 Å². The Labute approximate surface area is 342 Å². The average Bonchev–Trinajstić information content (AvgIpc) is 3.96. The normalized spacial score (nSPS) is 29.4. The van der Waals surface area contributed by atoms with Crippen molar-refractivity contribution >= 4 is 41.6 Å². The molecule has 3 heterocycles. The fourth-order valence-corrected chi connectivity index (χ4v) is 12.2. The van der Waals surface area contributed by atoms with Gasteiger partial charge in [0, 0.05) is 53.8 Å². The zero-order valence-corrected chi connectivity index (χ0v) is 33.3. The number of likely N-dealkylation sites (tertiary alicyclic amines) is 2. The van der Waals surface area contributed by atoms with E-state index in [4.69, 9.17) is 32.4 Å². The Kier molecular flexibility index (Phi) is 9.82. The molecule has 3 saturated heterocycles. The molecule has 3 aromatic rings. The van der Waals surface area contributed by atoms with Crippen molar-refractivity contribution in [1.82, 2.24) is 9.80 Å². The molecule has 4 amide bonds. The van der Waals surface area contributed by atoms with Crippen molar-refractivity contribution in [2.75, 3.05) is 18.0 Å². The maximum Gasteiger partial charge on any atom is 0.412 e. The molecule has 0 saturated carbocycles. The Bertz CT molecular complexity index is 2070. The Morgan fingerprint density at radius 1 is 0.559 bits per heavy atom. The number of anilines is 1. The van der Waals surface area contributed by atoms with E-state index >= 15 is 0 Å². The number of fused-ring (bicyclic) bond motifs is 6. The molecule has 15 nitrogen and oxygen atoms in total. The number of rotatable bonds is 11. The predicted molar refractivity (Wildman–Crippen MR) is 215 cm³/mol. The zero-order valence-electron chi connectivity index (χ0n) is 33.3. The van der Waals surface area contributed by atoms with Gasteiger partial charge in [0.2, 0.25) is 11.1 Å². The van der Waals surface area contributed by atoms with Crippen LogP contribution in [0, 0.1) is 0 Å². The van der Waals surface area contributed by atoms with Crippen LogP contribution in [0.4, 0.5) is 15.3 Å². The van der Waals surface area contributed by atoms with Gasteiger partial charge in [-0.15, -0.1) is 0 Å². The van der Waals surface area contributed by atoms with Gasteiger partial charge in [0.15, 0.2) is 0 Å². The fourth-order valence-electron chi connectivity index (χ4n) is 12.2. The van der Waals surface area contributed by atoms with E-state index in [1.54, 1.807) is 0 Å². The van der Waals surface area contributed by atoms with Gasteiger partial charge in [-0.1, -0.05) is 80.6 Å². The predicted octanol–water partition coefficient (Wildman–Crippen LogP) is 2.67. The van der Waals surface area contributed by atoms with E-state index in [2.05, 4.69) is 4.90 Å². The van der Waals surface area contributed by atoms with E-state index < -0.39 is 69.9 Å². The number of para-hydroxylation sites is 1. The SMILES string of the molecule is CC1([C@](C(N)=O)(C(=O)OC(N)=O)N2CCCC2C2CC[C@@H](C3CCCN3[C@@](C(N)=O)(C(=O)OC(N)=O)C3(C)Cc4ccc3cc4)N2c2ccccc2)Cc2ccc1cc2. The first-order valence-electron chi connectivity index (χ1n) is 20.3. The number of nitrogens with two attached hydrogens (primary N) is 4. The number of primary amides is 4. The second-order valence-corrected chi connectivity index (χ2v) is 17.2. The first kappa shape index (κ1) is 40.0. The summed E-state index contributed by atoms with van der Waals surface area (Å²) in [6, 6.07) is 23.3. The lowest BCUT2D eigenvalue weighted by atomic mass is 9.59. The van der Waals surface area contributed by atoms with Crippen molar-refractivity contribution in [2.24, 2.45) is 22.9 Å². The Balaban J connectivity index is 1.25. The van der Waals surface area contributed by atoms with Crippen LogP contribution in [0.1, 0.15) is 74.6 Å². The number of hydrogen-bond donors (Lipinski definition) is 4. The molecule has 3 aliphatic heterocycles. The molecule has 8 atom stereocenters. The molecule has 15 heteroatoms. The highest BCUT2D eigenvalue weighted by Gasteiger charge is 2.70. The molecular formula is C44H51N7O8. The smallest absolute Gasteiger partial charge is 0.375 e. The standard InChI is InChI=1S/C44H51N7O8/c1-41(24-26-12-16-28(41)17-13-26)43(35(45)52,37(54)58-39(47)56)49-22-6-10-31(49)33-20-21-34(51(33)30-8-4-3-5-9-30)32-11-7-23-50(32)44(36(46)53,38(55)59-40(48)57)42(2)25-27-14-18-29(42)19-15-27/h3-5,8-9,12-19,31-34H,6-7,10-11,20-25H2,1-2H3,(H2,45,52)(H2,46,53)(H2,47,56)(H2,48,57)/t31?,32?,33-,34?,41?,42?,43-,44-/m0/s1. The molecule has 8 N–H and O–H groups in total. The van der Waals surface area contributed by atoms with E-state index in [9.17, 15) is 28.8 Å². The van der Waals surface area contributed by atoms with Gasteiger partial charge in [0.05, 0.1) is 0 Å². The van der Waals surface area contributed by atoms with Crippen molar-refractivity contribution in [3.63, 3.8) is 0 Å². The van der Waals surface area contributed by atoms with Crippen LogP contribution in [0.3, 0.4) is 0 Å². The van der Waals surface area contributed by atoms with Crippen molar-refractivity contribution < 1.29 is 38.2 Å². The molecule has 310 valence electrons. The molecule has 59 heavy (non-hydrogen) atoms. The van der Waals surface area contributed by atoms with Crippen LogP contribution in [-0.2, 0) is 52.3 Å². The topological polar surface area (TPSA) is 235 Å². The van der Waals surface area contributed by atoms with Gasteiger partial charge in [0.1, 0.15) is 0 Å². The first-order valence-corrected chi connectivity index (χ1v) is 20.3. The van der Waals surface area contributed by atoms with Crippen molar-refractivity contribution in [3.05, 3.63) is 101 Å². The van der Waals surface area contributed by atoms with Crippen LogP contribution >= 0.6 is 0 Å². The number of hydrogen-bond acceptors (Lipinski definition) is 11. The van der Waals surface area contributed by atoms with E-state index in [0.29, 0.717) is 75.6 Å². The molecule has 3 aromatic carbocycles. The average molecular weight is 806 g/mol. The zero-order chi connectivity index (χ0) is 42.1. The van der Waals surface area contributed by atoms with Crippen LogP contribution < -0.4 is 27.8 Å². The number of ether oxygens (including phenoxy) is 2. The van der Waals surface area contributed by atoms with E-state index in [0.717, 1.165) is 16.8 Å². The van der Waals surface area contributed by atoms with Gasteiger partial charge in [-0.25, -0.2) is 19.2 Å². The summed E-state index contributed by atoms with van der Waals surface area (Å²) < 4.78 is 10.4. The summed E-state index contributed by atoms with van der Waals surface area (Å²) in [5.41, 5.74) is 21.1. The lowest BCUT2D eigenvalue weighted by Gasteiger charge is -2.55. The van der Waals surface area contributed by atoms with Crippen LogP contribution in [-0.4, -0.2) is 94.1 Å². The highest BCUT2D eigenvalue weighted by Crippen LogP contribution is 2.53. The molecule has 5 unspecified atom stereocenters. The summed E-state index contributed by atoms with van der Waals surface area (Å²) in [4.78, 5) is 88.3. The minimum absolute atomic E-state index is 0.292. The maximum absolute atomic E-state index is 14.6. The number of esters is 2. The number of amides is 4. The Morgan fingerprint density at radius 3 is 1.27 bits per heavy atom. The van der Waals surface area contributed by atoms with Crippen molar-refractivity contribution in [1.29, 1.82) is 0 Å². The monoisotopic (exact) mass is 805 g/mol. The molecular weight excluding hydrogens is 755 g/mol. The lowest BCUT2D eigenvalue weighted by molar-refractivity contribution is -0.167. The fraction of sp³-hybridized carbons (Fsp3) is 0.455. The first-order chi connectivity index (χ1) is 28.1. The molecule has 4 bridgehead atoms. The largest absolute Gasteiger partial charge is 0.412 e. The maximum atomic E-state index is 14.6.